The molecule has 29 heavy (non-hydrogen) atoms. The number of benzene rings is 2. The van der Waals surface area contributed by atoms with Crippen LogP contribution in [0.3, 0.4) is 0 Å². The van der Waals surface area contributed by atoms with E-state index in [1.165, 1.54) is 17.0 Å². The summed E-state index contributed by atoms with van der Waals surface area (Å²) in [5.41, 5.74) is 3.89. The van der Waals surface area contributed by atoms with Crippen molar-refractivity contribution < 1.29 is 13.9 Å². The number of anilines is 1. The molecule has 0 fully saturated rings. The number of aryl methyl sites for hydroxylation is 2. The van der Waals surface area contributed by atoms with Gasteiger partial charge in [0.2, 0.25) is 0 Å². The zero-order valence-electron chi connectivity index (χ0n) is 16.6. The van der Waals surface area contributed by atoms with E-state index in [-0.39, 0.29) is 12.2 Å². The van der Waals surface area contributed by atoms with Crippen LogP contribution in [-0.2, 0) is 11.3 Å². The number of pyridine rings is 1. The molecule has 0 spiro atoms. The standard InChI is InChI=1S/C22H23ClFN3O2/c1-14-8-9-16-12-17(21(23)26-20(16)15(14)2)13-27(10-11-29-3)22(28)25-19-7-5-4-6-18(19)24/h4-9,12H,10-11,13H2,1-3H3,(H,25,28). The number of hydrogen-bond donors (Lipinski definition) is 1. The van der Waals surface area contributed by atoms with E-state index in [9.17, 15) is 9.18 Å². The molecule has 1 N–H and O–H groups in total. The Labute approximate surface area is 174 Å². The second-order valence-electron chi connectivity index (χ2n) is 6.84. The molecule has 1 aromatic heterocycles. The average molecular weight is 416 g/mol. The van der Waals surface area contributed by atoms with Crippen LogP contribution in [0.5, 0.6) is 0 Å². The van der Waals surface area contributed by atoms with Gasteiger partial charge in [-0.25, -0.2) is 14.2 Å². The molecule has 0 bridgehead atoms. The van der Waals surface area contributed by atoms with Gasteiger partial charge in [0.05, 0.1) is 24.4 Å². The molecule has 2 amide bonds. The lowest BCUT2D eigenvalue weighted by Crippen LogP contribution is -2.37. The quantitative estimate of drug-likeness (QED) is 0.554. The maximum Gasteiger partial charge on any atom is 0.322 e. The third kappa shape index (κ3) is 4.83. The molecule has 0 unspecified atom stereocenters. The van der Waals surface area contributed by atoms with Crippen LogP contribution in [0.1, 0.15) is 16.7 Å². The van der Waals surface area contributed by atoms with Crippen molar-refractivity contribution in [2.24, 2.45) is 0 Å². The Bertz CT molecular complexity index is 1040. The van der Waals surface area contributed by atoms with Gasteiger partial charge in [0, 0.05) is 24.6 Å². The molecule has 7 heteroatoms. The van der Waals surface area contributed by atoms with Crippen LogP contribution in [0, 0.1) is 19.7 Å². The number of aromatic nitrogens is 1. The molecule has 1 heterocycles. The van der Waals surface area contributed by atoms with Crippen molar-refractivity contribution >= 4 is 34.2 Å². The minimum Gasteiger partial charge on any atom is -0.383 e. The largest absolute Gasteiger partial charge is 0.383 e. The number of amides is 2. The van der Waals surface area contributed by atoms with Crippen molar-refractivity contribution in [2.45, 2.75) is 20.4 Å². The molecule has 5 nitrogen and oxygen atoms in total. The van der Waals surface area contributed by atoms with Crippen LogP contribution in [0.4, 0.5) is 14.9 Å². The number of methoxy groups -OCH3 is 1. The molecular weight excluding hydrogens is 393 g/mol. The maximum atomic E-state index is 13.9. The second kappa shape index (κ2) is 9.20. The Morgan fingerprint density at radius 3 is 2.72 bits per heavy atom. The van der Waals surface area contributed by atoms with Crippen molar-refractivity contribution in [2.75, 3.05) is 25.6 Å². The second-order valence-corrected chi connectivity index (χ2v) is 7.20. The molecule has 0 aliphatic carbocycles. The molecule has 0 saturated carbocycles. The van der Waals surface area contributed by atoms with Gasteiger partial charge in [0.15, 0.2) is 0 Å². The predicted octanol–water partition coefficient (Wildman–Crippen LogP) is 5.32. The zero-order valence-corrected chi connectivity index (χ0v) is 17.4. The fourth-order valence-electron chi connectivity index (χ4n) is 3.03. The summed E-state index contributed by atoms with van der Waals surface area (Å²) in [5, 5.41) is 3.90. The number of hydrogen-bond acceptors (Lipinski definition) is 3. The van der Waals surface area contributed by atoms with E-state index in [4.69, 9.17) is 16.3 Å². The molecule has 3 aromatic rings. The van der Waals surface area contributed by atoms with Crippen molar-refractivity contribution in [3.63, 3.8) is 0 Å². The van der Waals surface area contributed by atoms with Gasteiger partial charge < -0.3 is 15.0 Å². The summed E-state index contributed by atoms with van der Waals surface area (Å²) < 4.78 is 19.0. The minimum absolute atomic E-state index is 0.119. The molecule has 152 valence electrons. The van der Waals surface area contributed by atoms with Crippen molar-refractivity contribution in [3.8, 4) is 0 Å². The zero-order chi connectivity index (χ0) is 21.0. The number of para-hydroxylation sites is 1. The van der Waals surface area contributed by atoms with Crippen LogP contribution >= 0.6 is 11.6 Å². The van der Waals surface area contributed by atoms with Crippen LogP contribution in [-0.4, -0.2) is 36.2 Å². The van der Waals surface area contributed by atoms with Crippen molar-refractivity contribution in [1.82, 2.24) is 9.88 Å². The Morgan fingerprint density at radius 2 is 2.00 bits per heavy atom. The molecule has 0 atom stereocenters. The van der Waals surface area contributed by atoms with E-state index < -0.39 is 11.8 Å². The molecule has 0 aliphatic heterocycles. The van der Waals surface area contributed by atoms with Gasteiger partial charge in [-0.15, -0.1) is 0 Å². The van der Waals surface area contributed by atoms with E-state index in [0.717, 1.165) is 22.0 Å². The highest BCUT2D eigenvalue weighted by atomic mass is 35.5. The van der Waals surface area contributed by atoms with Crippen LogP contribution in [0.2, 0.25) is 5.15 Å². The number of carbonyl (C=O) groups excluding carboxylic acids is 1. The topological polar surface area (TPSA) is 54.5 Å². The van der Waals surface area contributed by atoms with Crippen LogP contribution in [0.25, 0.3) is 10.9 Å². The molecule has 2 aromatic carbocycles. The predicted molar refractivity (Wildman–Crippen MR) is 114 cm³/mol. The first kappa shape index (κ1) is 21.0. The first-order valence-electron chi connectivity index (χ1n) is 9.25. The number of halogens is 2. The molecule has 0 radical (unpaired) electrons. The van der Waals surface area contributed by atoms with E-state index in [2.05, 4.69) is 10.3 Å². The Kier molecular flexibility index (Phi) is 6.67. The van der Waals surface area contributed by atoms with Crippen molar-refractivity contribution in [3.05, 3.63) is 70.1 Å². The lowest BCUT2D eigenvalue weighted by atomic mass is 10.0. The third-order valence-electron chi connectivity index (χ3n) is 4.87. The van der Waals surface area contributed by atoms with E-state index in [0.29, 0.717) is 23.9 Å². The average Bonchev–Trinajstić information content (AvgIpc) is 2.70. The lowest BCUT2D eigenvalue weighted by Gasteiger charge is -2.23. The SMILES string of the molecule is COCCN(Cc1cc2ccc(C)c(C)c2nc1Cl)C(=O)Nc1ccccc1F. The first-order chi connectivity index (χ1) is 13.9. The third-order valence-corrected chi connectivity index (χ3v) is 5.19. The summed E-state index contributed by atoms with van der Waals surface area (Å²) >= 11 is 6.44. The van der Waals surface area contributed by atoms with Crippen molar-refractivity contribution in [1.29, 1.82) is 0 Å². The lowest BCUT2D eigenvalue weighted by molar-refractivity contribution is 0.152. The van der Waals surface area contributed by atoms with Gasteiger partial charge in [0.1, 0.15) is 11.0 Å². The number of rotatable bonds is 6. The highest BCUT2D eigenvalue weighted by Crippen LogP contribution is 2.26. The number of urea groups is 1. The highest BCUT2D eigenvalue weighted by Gasteiger charge is 2.18. The molecule has 0 saturated heterocycles. The fraction of sp³-hybridized carbons (Fsp3) is 0.273. The number of nitrogens with one attached hydrogen (secondary N) is 1. The summed E-state index contributed by atoms with van der Waals surface area (Å²) in [6, 6.07) is 11.6. The monoisotopic (exact) mass is 415 g/mol. The summed E-state index contributed by atoms with van der Waals surface area (Å²) in [6.45, 7) is 4.91. The van der Waals surface area contributed by atoms with Gasteiger partial charge in [-0.2, -0.15) is 0 Å². The normalized spacial score (nSPS) is 10.9. The molecule has 0 aliphatic rings. The summed E-state index contributed by atoms with van der Waals surface area (Å²) in [6.07, 6.45) is 0. The molecular formula is C22H23ClFN3O2. The molecule has 3 rings (SSSR count). The van der Waals surface area contributed by atoms with Gasteiger partial charge in [-0.1, -0.05) is 35.9 Å². The number of carbonyl (C=O) groups is 1. The van der Waals surface area contributed by atoms with Crippen LogP contribution in [0.15, 0.2) is 42.5 Å². The Hall–Kier alpha value is -2.70. The maximum absolute atomic E-state index is 13.9. The van der Waals surface area contributed by atoms with E-state index in [1.54, 1.807) is 19.2 Å². The number of nitrogens with zero attached hydrogens (tertiary/aromatic N) is 2. The Balaban J connectivity index is 1.88. The number of ether oxygens (including phenoxy) is 1. The smallest absolute Gasteiger partial charge is 0.322 e. The minimum atomic E-state index is -0.496. The van der Waals surface area contributed by atoms with E-state index in [1.807, 2.05) is 32.0 Å². The van der Waals surface area contributed by atoms with Crippen LogP contribution < -0.4 is 5.32 Å². The summed E-state index contributed by atoms with van der Waals surface area (Å²) in [4.78, 5) is 18.8. The van der Waals surface area contributed by atoms with E-state index >= 15 is 0 Å². The fourth-order valence-corrected chi connectivity index (χ4v) is 3.23. The van der Waals surface area contributed by atoms with Gasteiger partial charge in [0.25, 0.3) is 0 Å². The van der Waals surface area contributed by atoms with Gasteiger partial charge in [-0.05, 0) is 43.2 Å². The first-order valence-corrected chi connectivity index (χ1v) is 9.63. The van der Waals surface area contributed by atoms with Gasteiger partial charge in [-0.3, -0.25) is 0 Å². The number of fused-ring (bicyclic) bond motifs is 1. The summed E-state index contributed by atoms with van der Waals surface area (Å²) in [7, 11) is 1.56. The van der Waals surface area contributed by atoms with Gasteiger partial charge >= 0.3 is 6.03 Å². The Morgan fingerprint density at radius 1 is 1.24 bits per heavy atom. The summed E-state index contributed by atoms with van der Waals surface area (Å²) in [5.74, 6) is -0.496. The highest BCUT2D eigenvalue weighted by molar-refractivity contribution is 6.30.